The maximum absolute atomic E-state index is 14.5. The Bertz CT molecular complexity index is 864. The summed E-state index contributed by atoms with van der Waals surface area (Å²) >= 11 is 6.02. The highest BCUT2D eigenvalue weighted by Crippen LogP contribution is 2.38. The Morgan fingerprint density at radius 1 is 1.38 bits per heavy atom. The van der Waals surface area contributed by atoms with E-state index in [0.29, 0.717) is 17.8 Å². The van der Waals surface area contributed by atoms with Gasteiger partial charge >= 0.3 is 0 Å². The predicted octanol–water partition coefficient (Wildman–Crippen LogP) is 3.83. The lowest BCUT2D eigenvalue weighted by molar-refractivity contribution is -0.0150. The first-order valence-electron chi connectivity index (χ1n) is 8.32. The van der Waals surface area contributed by atoms with Crippen LogP contribution in [0.4, 0.5) is 10.3 Å². The molecule has 0 unspecified atom stereocenters. The molecule has 0 aliphatic carbocycles. The van der Waals surface area contributed by atoms with Crippen molar-refractivity contribution >= 4 is 37.0 Å². The SMILES string of the molecule is CC(C)(C)[Si](C)(C)OC[C@@H]1C=C(F)[C@H](n2cnc3c(Cl)nc(N)nc32)O1. The van der Waals surface area contributed by atoms with Crippen LogP contribution in [0, 0.1) is 0 Å². The van der Waals surface area contributed by atoms with E-state index in [2.05, 4.69) is 48.8 Å². The molecular formula is C16H23ClFN5O2Si. The lowest BCUT2D eigenvalue weighted by Crippen LogP contribution is -2.42. The van der Waals surface area contributed by atoms with E-state index in [0.717, 1.165) is 0 Å². The molecule has 1 aliphatic rings. The molecular weight excluding hydrogens is 377 g/mol. The summed E-state index contributed by atoms with van der Waals surface area (Å²) in [5, 5.41) is 0.186. The van der Waals surface area contributed by atoms with Gasteiger partial charge in [-0.3, -0.25) is 4.57 Å². The zero-order chi connectivity index (χ0) is 19.3. The number of hydrogen-bond acceptors (Lipinski definition) is 6. The summed E-state index contributed by atoms with van der Waals surface area (Å²) in [6.07, 6.45) is 1.38. The van der Waals surface area contributed by atoms with Crippen LogP contribution in [0.25, 0.3) is 11.2 Å². The van der Waals surface area contributed by atoms with E-state index < -0.39 is 26.5 Å². The Kier molecular flexibility index (Phi) is 4.85. The summed E-state index contributed by atoms with van der Waals surface area (Å²) in [6, 6.07) is 0. The van der Waals surface area contributed by atoms with Gasteiger partial charge < -0.3 is 14.9 Å². The molecule has 0 bridgehead atoms. The zero-order valence-corrected chi connectivity index (χ0v) is 17.2. The zero-order valence-electron chi connectivity index (χ0n) is 15.5. The summed E-state index contributed by atoms with van der Waals surface area (Å²) < 4.78 is 27.9. The largest absolute Gasteiger partial charge is 0.414 e. The molecule has 10 heteroatoms. The number of hydrogen-bond donors (Lipinski definition) is 1. The van der Waals surface area contributed by atoms with Crippen molar-refractivity contribution in [1.29, 1.82) is 0 Å². The van der Waals surface area contributed by atoms with Gasteiger partial charge in [-0.15, -0.1) is 0 Å². The van der Waals surface area contributed by atoms with Crippen LogP contribution in [-0.4, -0.2) is 40.5 Å². The lowest BCUT2D eigenvalue weighted by atomic mass is 10.2. The van der Waals surface area contributed by atoms with Gasteiger partial charge in [-0.25, -0.2) is 9.37 Å². The van der Waals surface area contributed by atoms with E-state index in [1.165, 1.54) is 17.0 Å². The van der Waals surface area contributed by atoms with E-state index in [4.69, 9.17) is 26.5 Å². The second kappa shape index (κ2) is 6.56. The summed E-state index contributed by atoms with van der Waals surface area (Å²) in [4.78, 5) is 12.1. The molecule has 0 aromatic carbocycles. The lowest BCUT2D eigenvalue weighted by Gasteiger charge is -2.36. The van der Waals surface area contributed by atoms with Gasteiger partial charge in [-0.1, -0.05) is 32.4 Å². The molecule has 26 heavy (non-hydrogen) atoms. The number of anilines is 1. The number of halogens is 2. The second-order valence-corrected chi connectivity index (χ2v) is 13.0. The smallest absolute Gasteiger partial charge is 0.223 e. The first kappa shape index (κ1) is 19.2. The van der Waals surface area contributed by atoms with Crippen molar-refractivity contribution < 1.29 is 13.6 Å². The molecule has 0 fully saturated rings. The molecule has 2 aromatic rings. The topological polar surface area (TPSA) is 88.1 Å². The molecule has 7 nitrogen and oxygen atoms in total. The predicted molar refractivity (Wildman–Crippen MR) is 101 cm³/mol. The van der Waals surface area contributed by atoms with Crippen LogP contribution in [0.1, 0.15) is 27.0 Å². The van der Waals surface area contributed by atoms with Gasteiger partial charge in [0, 0.05) is 0 Å². The minimum Gasteiger partial charge on any atom is -0.414 e. The molecule has 0 saturated heterocycles. The third-order valence-electron chi connectivity index (χ3n) is 4.95. The van der Waals surface area contributed by atoms with Crippen molar-refractivity contribution in [2.75, 3.05) is 12.3 Å². The maximum atomic E-state index is 14.5. The van der Waals surface area contributed by atoms with Crippen molar-refractivity contribution in [2.45, 2.75) is 51.2 Å². The fraction of sp³-hybridized carbons (Fsp3) is 0.562. The van der Waals surface area contributed by atoms with Crippen molar-refractivity contribution in [2.24, 2.45) is 0 Å². The van der Waals surface area contributed by atoms with Gasteiger partial charge in [0.25, 0.3) is 0 Å². The number of rotatable bonds is 4. The highest BCUT2D eigenvalue weighted by Gasteiger charge is 2.39. The first-order chi connectivity index (χ1) is 12.0. The van der Waals surface area contributed by atoms with Gasteiger partial charge in [-0.05, 0) is 24.2 Å². The van der Waals surface area contributed by atoms with E-state index in [1.54, 1.807) is 0 Å². The Hall–Kier alpha value is -1.55. The minimum atomic E-state index is -1.95. The van der Waals surface area contributed by atoms with Crippen LogP contribution in [0.3, 0.4) is 0 Å². The summed E-state index contributed by atoms with van der Waals surface area (Å²) in [6.45, 7) is 11.0. The molecule has 2 aromatic heterocycles. The number of aromatic nitrogens is 4. The number of ether oxygens (including phenoxy) is 1. The first-order valence-corrected chi connectivity index (χ1v) is 11.6. The quantitative estimate of drug-likeness (QED) is 0.620. The van der Waals surface area contributed by atoms with E-state index in [9.17, 15) is 4.39 Å². The average molecular weight is 400 g/mol. The van der Waals surface area contributed by atoms with Crippen LogP contribution in [-0.2, 0) is 9.16 Å². The Morgan fingerprint density at radius 3 is 2.73 bits per heavy atom. The van der Waals surface area contributed by atoms with Crippen LogP contribution < -0.4 is 5.73 Å². The highest BCUT2D eigenvalue weighted by atomic mass is 35.5. The minimum absolute atomic E-state index is 0.00977. The molecule has 3 heterocycles. The fourth-order valence-corrected chi connectivity index (χ4v) is 3.63. The summed E-state index contributed by atoms with van der Waals surface area (Å²) in [5.74, 6) is -0.439. The monoisotopic (exact) mass is 399 g/mol. The maximum Gasteiger partial charge on any atom is 0.223 e. The van der Waals surface area contributed by atoms with Gasteiger partial charge in [-0.2, -0.15) is 9.97 Å². The van der Waals surface area contributed by atoms with Crippen molar-refractivity contribution in [3.05, 3.63) is 23.4 Å². The fourth-order valence-electron chi connectivity index (χ4n) is 2.39. The van der Waals surface area contributed by atoms with E-state index in [-0.39, 0.29) is 16.1 Å². The number of nitrogen functional groups attached to an aromatic ring is 1. The third-order valence-corrected chi connectivity index (χ3v) is 9.71. The molecule has 1 aliphatic heterocycles. The van der Waals surface area contributed by atoms with Crippen LogP contribution in [0.15, 0.2) is 18.2 Å². The van der Waals surface area contributed by atoms with Gasteiger partial charge in [0.15, 0.2) is 25.3 Å². The van der Waals surface area contributed by atoms with Crippen LogP contribution in [0.2, 0.25) is 23.3 Å². The Labute approximate surface area is 157 Å². The average Bonchev–Trinajstić information content (AvgIpc) is 3.07. The second-order valence-electron chi connectivity index (χ2n) is 7.85. The van der Waals surface area contributed by atoms with E-state index in [1.807, 2.05) is 0 Å². The van der Waals surface area contributed by atoms with Crippen molar-refractivity contribution in [3.63, 3.8) is 0 Å². The molecule has 2 atom stereocenters. The molecule has 0 saturated carbocycles. The standard InChI is InChI=1S/C16H23ClFN5O2Si/c1-16(2,3)26(4,5)24-7-9-6-10(18)14(25-9)23-8-20-11-12(17)21-15(19)22-13(11)23/h6,8-9,14H,7H2,1-5H3,(H2,19,21,22)/t9-,14+/m0/s1. The van der Waals surface area contributed by atoms with Crippen molar-refractivity contribution in [1.82, 2.24) is 19.5 Å². The summed E-state index contributed by atoms with van der Waals surface area (Å²) in [7, 11) is -1.95. The van der Waals surface area contributed by atoms with Crippen LogP contribution >= 0.6 is 11.6 Å². The number of nitrogens with two attached hydrogens (primary N) is 1. The Balaban J connectivity index is 1.78. The summed E-state index contributed by atoms with van der Waals surface area (Å²) in [5.41, 5.74) is 6.30. The molecule has 142 valence electrons. The van der Waals surface area contributed by atoms with E-state index >= 15 is 0 Å². The number of nitrogens with zero attached hydrogens (tertiary/aromatic N) is 4. The normalized spacial score (nSPS) is 21.4. The van der Waals surface area contributed by atoms with Gasteiger partial charge in [0.2, 0.25) is 5.95 Å². The van der Waals surface area contributed by atoms with Gasteiger partial charge in [0.1, 0.15) is 17.4 Å². The van der Waals surface area contributed by atoms with Crippen molar-refractivity contribution in [3.8, 4) is 0 Å². The molecule has 0 spiro atoms. The number of fused-ring (bicyclic) bond motifs is 1. The molecule has 2 N–H and O–H groups in total. The molecule has 3 rings (SSSR count). The highest BCUT2D eigenvalue weighted by molar-refractivity contribution is 6.74. The van der Waals surface area contributed by atoms with Gasteiger partial charge in [0.05, 0.1) is 12.9 Å². The molecule has 0 amide bonds. The Morgan fingerprint density at radius 2 is 2.08 bits per heavy atom. The third kappa shape index (κ3) is 3.48. The molecule has 0 radical (unpaired) electrons. The van der Waals surface area contributed by atoms with Crippen LogP contribution in [0.5, 0.6) is 0 Å². The number of imidazole rings is 1.